The maximum atomic E-state index is 6.03. The summed E-state index contributed by atoms with van der Waals surface area (Å²) in [6.45, 7) is 12.1. The number of rotatable bonds is 4. The van der Waals surface area contributed by atoms with Crippen LogP contribution < -0.4 is 5.73 Å². The summed E-state index contributed by atoms with van der Waals surface area (Å²) in [7, 11) is 0. The van der Waals surface area contributed by atoms with Gasteiger partial charge in [0.1, 0.15) is 0 Å². The third-order valence-corrected chi connectivity index (χ3v) is 3.85. The van der Waals surface area contributed by atoms with Crippen LogP contribution >= 0.6 is 0 Å². The van der Waals surface area contributed by atoms with Gasteiger partial charge < -0.3 is 10.5 Å². The van der Waals surface area contributed by atoms with Gasteiger partial charge in [-0.3, -0.25) is 9.80 Å². The van der Waals surface area contributed by atoms with E-state index in [4.69, 9.17) is 10.5 Å². The summed E-state index contributed by atoms with van der Waals surface area (Å²) in [5.41, 5.74) is 6.03. The maximum absolute atomic E-state index is 6.03. The van der Waals surface area contributed by atoms with E-state index < -0.39 is 0 Å². The zero-order valence-electron chi connectivity index (χ0n) is 12.0. The maximum Gasteiger partial charge on any atom is 0.0829 e. The van der Waals surface area contributed by atoms with Crippen LogP contribution in [0.25, 0.3) is 0 Å². The lowest BCUT2D eigenvalue weighted by Gasteiger charge is -2.38. The number of nitrogens with zero attached hydrogens (tertiary/aromatic N) is 2. The number of likely N-dealkylation sites (tertiary alicyclic amines) is 1. The molecule has 0 saturated carbocycles. The summed E-state index contributed by atoms with van der Waals surface area (Å²) in [5, 5.41) is 0. The summed E-state index contributed by atoms with van der Waals surface area (Å²) < 4.78 is 5.90. The molecule has 0 aromatic heterocycles. The molecule has 2 aliphatic rings. The molecule has 0 bridgehead atoms. The first kappa shape index (κ1) is 14.3. The van der Waals surface area contributed by atoms with Crippen molar-refractivity contribution in [1.82, 2.24) is 9.80 Å². The molecule has 0 spiro atoms. The molecule has 2 N–H and O–H groups in total. The molecule has 1 unspecified atom stereocenters. The zero-order valence-corrected chi connectivity index (χ0v) is 12.0. The van der Waals surface area contributed by atoms with Crippen molar-refractivity contribution in [3.8, 4) is 0 Å². The van der Waals surface area contributed by atoms with Crippen molar-refractivity contribution in [2.45, 2.75) is 38.8 Å². The van der Waals surface area contributed by atoms with Crippen molar-refractivity contribution in [2.24, 2.45) is 11.7 Å². The first-order valence-corrected chi connectivity index (χ1v) is 7.45. The monoisotopic (exact) mass is 255 g/mol. The van der Waals surface area contributed by atoms with Crippen LogP contribution in [-0.2, 0) is 4.74 Å². The molecule has 2 heterocycles. The molecular weight excluding hydrogens is 226 g/mol. The van der Waals surface area contributed by atoms with Crippen molar-refractivity contribution < 1.29 is 4.74 Å². The standard InChI is InChI=1S/C14H29N3O/c1-12(2)8-17-6-7-18-14(11-17)10-16-5-3-4-13(15)9-16/h12-14H,3-11,15H2,1-2H3/t13-,14?/m1/s1. The minimum absolute atomic E-state index is 0.370. The highest BCUT2D eigenvalue weighted by atomic mass is 16.5. The van der Waals surface area contributed by atoms with E-state index in [1.54, 1.807) is 0 Å². The van der Waals surface area contributed by atoms with Gasteiger partial charge in [-0.1, -0.05) is 13.8 Å². The Labute approximate surface area is 111 Å². The second kappa shape index (κ2) is 6.85. The fourth-order valence-electron chi connectivity index (χ4n) is 3.12. The van der Waals surface area contributed by atoms with Gasteiger partial charge in [0.15, 0.2) is 0 Å². The van der Waals surface area contributed by atoms with E-state index in [1.165, 1.54) is 25.9 Å². The molecule has 4 heteroatoms. The number of hydrogen-bond donors (Lipinski definition) is 1. The highest BCUT2D eigenvalue weighted by Gasteiger charge is 2.25. The first-order valence-electron chi connectivity index (χ1n) is 7.45. The Morgan fingerprint density at radius 1 is 1.22 bits per heavy atom. The Morgan fingerprint density at radius 2 is 2.06 bits per heavy atom. The lowest BCUT2D eigenvalue weighted by molar-refractivity contribution is -0.0484. The Morgan fingerprint density at radius 3 is 2.78 bits per heavy atom. The second-order valence-corrected chi connectivity index (χ2v) is 6.31. The van der Waals surface area contributed by atoms with Gasteiger partial charge in [-0.25, -0.2) is 0 Å². The van der Waals surface area contributed by atoms with Crippen molar-refractivity contribution in [3.63, 3.8) is 0 Å². The minimum atomic E-state index is 0.370. The van der Waals surface area contributed by atoms with Crippen LogP contribution in [0.1, 0.15) is 26.7 Å². The highest BCUT2D eigenvalue weighted by molar-refractivity contribution is 4.80. The number of nitrogens with two attached hydrogens (primary N) is 1. The number of morpholine rings is 1. The quantitative estimate of drug-likeness (QED) is 0.805. The topological polar surface area (TPSA) is 41.7 Å². The summed E-state index contributed by atoms with van der Waals surface area (Å²) in [6, 6.07) is 0.370. The van der Waals surface area contributed by atoms with E-state index >= 15 is 0 Å². The van der Waals surface area contributed by atoms with Crippen LogP contribution in [0.2, 0.25) is 0 Å². The van der Waals surface area contributed by atoms with Gasteiger partial charge in [-0.2, -0.15) is 0 Å². The van der Waals surface area contributed by atoms with Crippen LogP contribution in [0.15, 0.2) is 0 Å². The van der Waals surface area contributed by atoms with Gasteiger partial charge in [-0.05, 0) is 25.3 Å². The zero-order chi connectivity index (χ0) is 13.0. The van der Waals surface area contributed by atoms with Crippen molar-refractivity contribution in [1.29, 1.82) is 0 Å². The number of piperidine rings is 1. The summed E-state index contributed by atoms with van der Waals surface area (Å²) >= 11 is 0. The SMILES string of the molecule is CC(C)CN1CCOC(CN2CCC[C@@H](N)C2)C1. The van der Waals surface area contributed by atoms with Gasteiger partial charge in [0.2, 0.25) is 0 Å². The molecule has 0 aromatic rings. The molecule has 4 nitrogen and oxygen atoms in total. The third kappa shape index (κ3) is 4.50. The van der Waals surface area contributed by atoms with E-state index in [2.05, 4.69) is 23.6 Å². The van der Waals surface area contributed by atoms with E-state index in [0.29, 0.717) is 12.1 Å². The molecule has 2 fully saturated rings. The number of hydrogen-bond acceptors (Lipinski definition) is 4. The lowest BCUT2D eigenvalue weighted by atomic mass is 10.1. The average molecular weight is 255 g/mol. The third-order valence-electron chi connectivity index (χ3n) is 3.85. The fraction of sp³-hybridized carbons (Fsp3) is 1.00. The van der Waals surface area contributed by atoms with E-state index in [0.717, 1.165) is 38.7 Å². The molecule has 0 radical (unpaired) electrons. The summed E-state index contributed by atoms with van der Waals surface area (Å²) in [6.07, 6.45) is 2.80. The fourth-order valence-corrected chi connectivity index (χ4v) is 3.12. The largest absolute Gasteiger partial charge is 0.374 e. The molecule has 18 heavy (non-hydrogen) atoms. The predicted molar refractivity (Wildman–Crippen MR) is 74.7 cm³/mol. The van der Waals surface area contributed by atoms with Gasteiger partial charge in [0.25, 0.3) is 0 Å². The first-order chi connectivity index (χ1) is 8.63. The van der Waals surface area contributed by atoms with Crippen LogP contribution in [0, 0.1) is 5.92 Å². The Hall–Kier alpha value is -0.160. The van der Waals surface area contributed by atoms with Gasteiger partial charge in [-0.15, -0.1) is 0 Å². The summed E-state index contributed by atoms with van der Waals surface area (Å²) in [5.74, 6) is 0.743. The van der Waals surface area contributed by atoms with Crippen molar-refractivity contribution in [3.05, 3.63) is 0 Å². The van der Waals surface area contributed by atoms with Gasteiger partial charge in [0.05, 0.1) is 12.7 Å². The van der Waals surface area contributed by atoms with Gasteiger partial charge in [0, 0.05) is 38.8 Å². The Kier molecular flexibility index (Phi) is 5.42. The lowest BCUT2D eigenvalue weighted by Crippen LogP contribution is -2.51. The van der Waals surface area contributed by atoms with Crippen molar-refractivity contribution in [2.75, 3.05) is 45.9 Å². The smallest absolute Gasteiger partial charge is 0.0829 e. The van der Waals surface area contributed by atoms with Crippen LogP contribution in [0.3, 0.4) is 0 Å². The predicted octanol–water partition coefficient (Wildman–Crippen LogP) is 0.766. The van der Waals surface area contributed by atoms with E-state index in [1.807, 2.05) is 0 Å². The average Bonchev–Trinajstić information content (AvgIpc) is 2.28. The molecule has 0 aromatic carbocycles. The second-order valence-electron chi connectivity index (χ2n) is 6.31. The van der Waals surface area contributed by atoms with Crippen molar-refractivity contribution >= 4 is 0 Å². The summed E-state index contributed by atoms with van der Waals surface area (Å²) in [4.78, 5) is 5.03. The Balaban J connectivity index is 1.74. The molecule has 2 aliphatic heterocycles. The molecule has 0 aliphatic carbocycles. The van der Waals surface area contributed by atoms with E-state index in [9.17, 15) is 0 Å². The molecular formula is C14H29N3O. The molecule has 106 valence electrons. The van der Waals surface area contributed by atoms with Crippen LogP contribution in [0.5, 0.6) is 0 Å². The molecule has 2 atom stereocenters. The number of ether oxygens (including phenoxy) is 1. The highest BCUT2D eigenvalue weighted by Crippen LogP contribution is 2.13. The van der Waals surface area contributed by atoms with E-state index in [-0.39, 0.29) is 0 Å². The minimum Gasteiger partial charge on any atom is -0.374 e. The van der Waals surface area contributed by atoms with Crippen LogP contribution in [-0.4, -0.2) is 67.8 Å². The Bertz CT molecular complexity index is 247. The van der Waals surface area contributed by atoms with Crippen LogP contribution in [0.4, 0.5) is 0 Å². The molecule has 2 rings (SSSR count). The molecule has 2 saturated heterocycles. The van der Waals surface area contributed by atoms with Gasteiger partial charge >= 0.3 is 0 Å². The molecule has 0 amide bonds. The normalized spacial score (nSPS) is 32.0.